The summed E-state index contributed by atoms with van der Waals surface area (Å²) in [6, 6.07) is 4.24. The van der Waals surface area contributed by atoms with E-state index in [2.05, 4.69) is 43.2 Å². The molecular weight excluding hydrogens is 252 g/mol. The van der Waals surface area contributed by atoms with E-state index in [-0.39, 0.29) is 5.91 Å². The molecule has 4 heteroatoms. The van der Waals surface area contributed by atoms with Gasteiger partial charge in [-0.3, -0.25) is 4.79 Å². The maximum absolute atomic E-state index is 11.5. The Hall–Kier alpha value is -1.81. The van der Waals surface area contributed by atoms with Crippen molar-refractivity contribution in [1.29, 1.82) is 0 Å². The Morgan fingerprint density at radius 1 is 1.40 bits per heavy atom. The highest BCUT2D eigenvalue weighted by Crippen LogP contribution is 2.26. The predicted octanol–water partition coefficient (Wildman–Crippen LogP) is 2.34. The molecule has 1 aromatic carbocycles. The third-order valence-electron chi connectivity index (χ3n) is 3.68. The average molecular weight is 274 g/mol. The first-order chi connectivity index (χ1) is 9.43. The summed E-state index contributed by atoms with van der Waals surface area (Å²) in [7, 11) is 0. The summed E-state index contributed by atoms with van der Waals surface area (Å²) < 4.78 is 0. The Kier molecular flexibility index (Phi) is 4.14. The molecule has 3 N–H and O–H groups in total. The topological polar surface area (TPSA) is 65.1 Å². The smallest absolute Gasteiger partial charge is 0.248 e. The van der Waals surface area contributed by atoms with Crippen LogP contribution in [0, 0.1) is 13.8 Å². The first kappa shape index (κ1) is 14.6. The number of amides is 1. The minimum Gasteiger partial charge on any atom is -0.384 e. The van der Waals surface area contributed by atoms with Crippen molar-refractivity contribution in [1.82, 2.24) is 10.3 Å². The summed E-state index contributed by atoms with van der Waals surface area (Å²) in [5.74, 6) is -0.348. The van der Waals surface area contributed by atoms with Crippen LogP contribution in [0.1, 0.15) is 36.2 Å². The summed E-state index contributed by atoms with van der Waals surface area (Å²) in [6.45, 7) is 8.19. The van der Waals surface area contributed by atoms with Crippen LogP contribution in [0.5, 0.6) is 0 Å². The first-order valence-electron chi connectivity index (χ1n) is 7.00. The Balaban J connectivity index is 2.40. The van der Waals surface area contributed by atoms with Gasteiger partial charge in [0.25, 0.3) is 0 Å². The van der Waals surface area contributed by atoms with Crippen molar-refractivity contribution in [3.63, 3.8) is 0 Å². The van der Waals surface area contributed by atoms with Crippen molar-refractivity contribution in [3.8, 4) is 0 Å². The minimum atomic E-state index is -0.980. The van der Waals surface area contributed by atoms with Gasteiger partial charge in [-0.1, -0.05) is 18.6 Å². The second kappa shape index (κ2) is 5.67. The van der Waals surface area contributed by atoms with E-state index in [1.165, 1.54) is 29.1 Å². The molecule has 0 radical (unpaired) electrons. The first-order valence-corrected chi connectivity index (χ1v) is 7.00. The van der Waals surface area contributed by atoms with Gasteiger partial charge in [-0.05, 0) is 44.4 Å². The highest BCUT2D eigenvalue weighted by Gasteiger charge is 2.13. The summed E-state index contributed by atoms with van der Waals surface area (Å²) >= 11 is 0. The fourth-order valence-electron chi connectivity index (χ4n) is 2.54. The van der Waals surface area contributed by atoms with Gasteiger partial charge >= 0.3 is 0 Å². The van der Waals surface area contributed by atoms with Crippen LogP contribution in [0.3, 0.4) is 0 Å². The summed E-state index contributed by atoms with van der Waals surface area (Å²) in [5.41, 5.74) is 5.80. The molecule has 0 saturated carbocycles. The molecule has 0 bridgehead atoms. The molecule has 1 heterocycles. The fourth-order valence-corrected chi connectivity index (χ4v) is 2.54. The highest BCUT2D eigenvalue weighted by molar-refractivity contribution is 5.88. The molecule has 1 unspecified atom stereocenters. The maximum Gasteiger partial charge on any atom is 0.248 e. The van der Waals surface area contributed by atoms with Crippen LogP contribution in [-0.4, -0.2) is 22.1 Å². The number of benzene rings is 1. The Bertz CT molecular complexity index is 641. The second-order valence-electron chi connectivity index (χ2n) is 5.32. The van der Waals surface area contributed by atoms with Crippen LogP contribution in [0.4, 0.5) is 0 Å². The monoisotopic (exact) mass is 274 g/mol. The third kappa shape index (κ3) is 2.70. The quantitative estimate of drug-likeness (QED) is 0.801. The molecule has 0 fully saturated rings. The van der Waals surface area contributed by atoms with Gasteiger partial charge in [-0.15, -0.1) is 0 Å². The van der Waals surface area contributed by atoms with Crippen LogP contribution in [-0.2, 0) is 17.8 Å². The highest BCUT2D eigenvalue weighted by atomic mass is 16.3. The summed E-state index contributed by atoms with van der Waals surface area (Å²) in [5, 5.41) is 13.2. The molecule has 0 spiro atoms. The van der Waals surface area contributed by atoms with Gasteiger partial charge in [0.1, 0.15) is 6.10 Å². The maximum atomic E-state index is 11.5. The lowest BCUT2D eigenvalue weighted by Crippen LogP contribution is -2.32. The van der Waals surface area contributed by atoms with Crippen molar-refractivity contribution in [2.24, 2.45) is 0 Å². The van der Waals surface area contributed by atoms with E-state index in [4.69, 9.17) is 0 Å². The second-order valence-corrected chi connectivity index (χ2v) is 5.32. The third-order valence-corrected chi connectivity index (χ3v) is 3.68. The van der Waals surface area contributed by atoms with Gasteiger partial charge in [0.15, 0.2) is 0 Å². The van der Waals surface area contributed by atoms with E-state index in [0.29, 0.717) is 6.54 Å². The van der Waals surface area contributed by atoms with Gasteiger partial charge in [0.05, 0.1) is 5.52 Å². The zero-order valence-electron chi connectivity index (χ0n) is 12.5. The molecule has 20 heavy (non-hydrogen) atoms. The Labute approximate surface area is 119 Å². The van der Waals surface area contributed by atoms with Gasteiger partial charge in [0, 0.05) is 17.6 Å². The zero-order valence-corrected chi connectivity index (χ0v) is 12.5. The lowest BCUT2D eigenvalue weighted by Gasteiger charge is -2.09. The number of hydrogen-bond donors (Lipinski definition) is 3. The molecule has 108 valence electrons. The molecule has 0 aliphatic heterocycles. The Morgan fingerprint density at radius 3 is 2.70 bits per heavy atom. The molecule has 0 aliphatic rings. The number of aliphatic hydroxyl groups is 1. The average Bonchev–Trinajstić information content (AvgIpc) is 2.72. The fraction of sp³-hybridized carbons (Fsp3) is 0.438. The largest absolute Gasteiger partial charge is 0.384 e. The minimum absolute atomic E-state index is 0.348. The van der Waals surface area contributed by atoms with Crippen molar-refractivity contribution in [2.75, 3.05) is 0 Å². The number of aryl methyl sites for hydroxylation is 3. The zero-order chi connectivity index (χ0) is 14.9. The number of rotatable bonds is 4. The number of carbonyl (C=O) groups excluding carboxylic acids is 1. The van der Waals surface area contributed by atoms with Crippen LogP contribution >= 0.6 is 0 Å². The number of aromatic amines is 1. The van der Waals surface area contributed by atoms with Gasteiger partial charge in [0.2, 0.25) is 5.91 Å². The summed E-state index contributed by atoms with van der Waals surface area (Å²) in [4.78, 5) is 14.9. The molecule has 0 saturated heterocycles. The van der Waals surface area contributed by atoms with Crippen molar-refractivity contribution >= 4 is 16.8 Å². The SMILES string of the molecule is CCc1[nH]c2c(CNC(=O)C(C)O)cc(C)cc2c1C. The van der Waals surface area contributed by atoms with Gasteiger partial charge in [-0.2, -0.15) is 0 Å². The molecule has 1 atom stereocenters. The van der Waals surface area contributed by atoms with E-state index in [1.807, 2.05) is 0 Å². The van der Waals surface area contributed by atoms with Crippen molar-refractivity contribution in [3.05, 3.63) is 34.5 Å². The summed E-state index contributed by atoms with van der Waals surface area (Å²) in [6.07, 6.45) is -0.0224. The molecular formula is C16H22N2O2. The van der Waals surface area contributed by atoms with Crippen LogP contribution < -0.4 is 5.32 Å². The van der Waals surface area contributed by atoms with Gasteiger partial charge in [-0.25, -0.2) is 0 Å². The van der Waals surface area contributed by atoms with E-state index in [0.717, 1.165) is 17.5 Å². The van der Waals surface area contributed by atoms with Crippen LogP contribution in [0.15, 0.2) is 12.1 Å². The van der Waals surface area contributed by atoms with E-state index in [1.54, 1.807) is 0 Å². The number of carbonyl (C=O) groups is 1. The number of fused-ring (bicyclic) bond motifs is 1. The molecule has 1 aromatic heterocycles. The van der Waals surface area contributed by atoms with E-state index in [9.17, 15) is 9.90 Å². The van der Waals surface area contributed by atoms with E-state index < -0.39 is 6.10 Å². The van der Waals surface area contributed by atoms with Crippen molar-refractivity contribution < 1.29 is 9.90 Å². The number of H-pyrrole nitrogens is 1. The molecule has 0 aliphatic carbocycles. The molecule has 2 aromatic rings. The van der Waals surface area contributed by atoms with E-state index >= 15 is 0 Å². The number of aromatic nitrogens is 1. The lowest BCUT2D eigenvalue weighted by molar-refractivity contribution is -0.128. The van der Waals surface area contributed by atoms with Crippen LogP contribution in [0.25, 0.3) is 10.9 Å². The number of aliphatic hydroxyl groups excluding tert-OH is 1. The predicted molar refractivity (Wildman–Crippen MR) is 80.7 cm³/mol. The number of hydrogen-bond acceptors (Lipinski definition) is 2. The molecule has 4 nitrogen and oxygen atoms in total. The Morgan fingerprint density at radius 2 is 2.10 bits per heavy atom. The normalized spacial score (nSPS) is 12.7. The molecule has 1 amide bonds. The van der Waals surface area contributed by atoms with Crippen molar-refractivity contribution in [2.45, 2.75) is 46.8 Å². The van der Waals surface area contributed by atoms with Gasteiger partial charge < -0.3 is 15.4 Å². The lowest BCUT2D eigenvalue weighted by atomic mass is 10.0. The molecule has 2 rings (SSSR count). The number of nitrogens with one attached hydrogen (secondary N) is 2. The van der Waals surface area contributed by atoms with Crippen LogP contribution in [0.2, 0.25) is 0 Å². The standard InChI is InChI=1S/C16H22N2O2/c1-5-14-10(3)13-7-9(2)6-12(15(13)18-14)8-17-16(20)11(4)19/h6-7,11,18-19H,5,8H2,1-4H3,(H,17,20).